The van der Waals surface area contributed by atoms with Gasteiger partial charge in [-0.05, 0) is 24.3 Å². The van der Waals surface area contributed by atoms with E-state index >= 15 is 0 Å². The maximum absolute atomic E-state index is 13.3. The van der Waals surface area contributed by atoms with E-state index in [4.69, 9.17) is 5.73 Å². The van der Waals surface area contributed by atoms with Crippen LogP contribution in [0.25, 0.3) is 22.0 Å². The lowest BCUT2D eigenvalue weighted by Gasteiger charge is -2.11. The lowest BCUT2D eigenvalue weighted by atomic mass is 10.1. The third-order valence-electron chi connectivity index (χ3n) is 5.10. The Hall–Kier alpha value is -3.79. The second-order valence-corrected chi connectivity index (χ2v) is 8.05. The van der Waals surface area contributed by atoms with Crippen molar-refractivity contribution in [3.8, 4) is 11.3 Å². The lowest BCUT2D eigenvalue weighted by molar-refractivity contribution is 0.102. The number of aromatic nitrogens is 4. The first-order valence-electron chi connectivity index (χ1n) is 9.52. The van der Waals surface area contributed by atoms with Crippen LogP contribution < -0.4 is 17.0 Å². The zero-order chi connectivity index (χ0) is 23.0. The van der Waals surface area contributed by atoms with E-state index in [0.29, 0.717) is 16.3 Å². The van der Waals surface area contributed by atoms with Crippen molar-refractivity contribution in [3.05, 3.63) is 80.7 Å². The van der Waals surface area contributed by atoms with Crippen molar-refractivity contribution < 1.29 is 9.18 Å². The van der Waals surface area contributed by atoms with Gasteiger partial charge in [-0.2, -0.15) is 0 Å². The summed E-state index contributed by atoms with van der Waals surface area (Å²) in [5.41, 5.74) is 5.60. The van der Waals surface area contributed by atoms with Crippen LogP contribution in [0.1, 0.15) is 10.4 Å². The van der Waals surface area contributed by atoms with Crippen LogP contribution in [-0.2, 0) is 14.1 Å². The molecule has 0 fully saturated rings. The molecule has 4 aromatic rings. The van der Waals surface area contributed by atoms with Gasteiger partial charge in [0.2, 0.25) is 0 Å². The minimum atomic E-state index is -0.737. The SMILES string of the molecule is Cn1c(N)c(C(=O)CSc2nnc(-c3ccc(F)cc3)c3ccccc23)c(=O)n(C)c1=O. The molecule has 2 heterocycles. The number of benzene rings is 2. The molecule has 162 valence electrons. The number of hydrogen-bond acceptors (Lipinski definition) is 7. The second-order valence-electron chi connectivity index (χ2n) is 7.08. The number of thioether (sulfide) groups is 1. The Morgan fingerprint density at radius 1 is 1.00 bits per heavy atom. The van der Waals surface area contributed by atoms with Crippen molar-refractivity contribution in [2.75, 3.05) is 11.5 Å². The molecular weight excluding hydrogens is 433 g/mol. The second kappa shape index (κ2) is 8.39. The van der Waals surface area contributed by atoms with Gasteiger partial charge in [0.05, 0.1) is 5.75 Å². The number of nitrogens with two attached hydrogens (primary N) is 1. The first-order valence-corrected chi connectivity index (χ1v) is 10.5. The van der Waals surface area contributed by atoms with Crippen LogP contribution in [0.4, 0.5) is 10.2 Å². The van der Waals surface area contributed by atoms with E-state index < -0.39 is 17.0 Å². The van der Waals surface area contributed by atoms with Crippen LogP contribution in [0, 0.1) is 5.82 Å². The van der Waals surface area contributed by atoms with Gasteiger partial charge in [0, 0.05) is 30.4 Å². The predicted octanol–water partition coefficient (Wildman–Crippen LogP) is 2.39. The van der Waals surface area contributed by atoms with Crippen LogP contribution in [0.3, 0.4) is 0 Å². The molecule has 0 amide bonds. The molecule has 2 aromatic carbocycles. The van der Waals surface area contributed by atoms with Gasteiger partial charge < -0.3 is 5.73 Å². The van der Waals surface area contributed by atoms with Crippen LogP contribution in [0.5, 0.6) is 0 Å². The molecular formula is C22H18FN5O3S. The molecule has 10 heteroatoms. The molecule has 0 radical (unpaired) electrons. The molecule has 0 spiro atoms. The highest BCUT2D eigenvalue weighted by Crippen LogP contribution is 2.32. The maximum Gasteiger partial charge on any atom is 0.332 e. The van der Waals surface area contributed by atoms with Gasteiger partial charge in [0.15, 0.2) is 5.78 Å². The van der Waals surface area contributed by atoms with E-state index in [1.165, 1.54) is 26.2 Å². The van der Waals surface area contributed by atoms with Crippen molar-refractivity contribution in [2.45, 2.75) is 5.03 Å². The summed E-state index contributed by atoms with van der Waals surface area (Å²) in [6.45, 7) is 0. The Kier molecular flexibility index (Phi) is 5.62. The number of carbonyl (C=O) groups is 1. The Morgan fingerprint density at radius 2 is 1.66 bits per heavy atom. The van der Waals surface area contributed by atoms with Gasteiger partial charge in [-0.25, -0.2) is 9.18 Å². The molecule has 4 rings (SSSR count). The number of hydrogen-bond donors (Lipinski definition) is 1. The zero-order valence-electron chi connectivity index (χ0n) is 17.2. The summed E-state index contributed by atoms with van der Waals surface area (Å²) in [5.74, 6) is -1.16. The summed E-state index contributed by atoms with van der Waals surface area (Å²) in [6, 6.07) is 13.4. The lowest BCUT2D eigenvalue weighted by Crippen LogP contribution is -2.41. The number of carbonyl (C=O) groups excluding carboxylic acids is 1. The topological polar surface area (TPSA) is 113 Å². The van der Waals surface area contributed by atoms with E-state index in [9.17, 15) is 18.8 Å². The molecule has 0 saturated heterocycles. The van der Waals surface area contributed by atoms with Gasteiger partial charge in [-0.15, -0.1) is 10.2 Å². The molecule has 2 aromatic heterocycles. The number of anilines is 1. The van der Waals surface area contributed by atoms with E-state index in [-0.39, 0.29) is 23.0 Å². The van der Waals surface area contributed by atoms with Crippen molar-refractivity contribution in [2.24, 2.45) is 14.1 Å². The number of nitrogen functional groups attached to an aromatic ring is 1. The predicted molar refractivity (Wildman–Crippen MR) is 121 cm³/mol. The summed E-state index contributed by atoms with van der Waals surface area (Å²) in [7, 11) is 2.69. The average Bonchev–Trinajstić information content (AvgIpc) is 2.80. The fourth-order valence-electron chi connectivity index (χ4n) is 3.33. The summed E-state index contributed by atoms with van der Waals surface area (Å²) < 4.78 is 15.2. The van der Waals surface area contributed by atoms with Gasteiger partial charge in [0.25, 0.3) is 5.56 Å². The molecule has 0 atom stereocenters. The summed E-state index contributed by atoms with van der Waals surface area (Å²) in [6.07, 6.45) is 0. The normalized spacial score (nSPS) is 11.1. The minimum absolute atomic E-state index is 0.119. The van der Waals surface area contributed by atoms with Crippen molar-refractivity contribution in [3.63, 3.8) is 0 Å². The molecule has 0 saturated carbocycles. The summed E-state index contributed by atoms with van der Waals surface area (Å²) in [4.78, 5) is 37.2. The molecule has 0 unspecified atom stereocenters. The largest absolute Gasteiger partial charge is 0.384 e. The Balaban J connectivity index is 1.69. The Labute approximate surface area is 185 Å². The number of halogens is 1. The summed E-state index contributed by atoms with van der Waals surface area (Å²) >= 11 is 1.12. The molecule has 32 heavy (non-hydrogen) atoms. The average molecular weight is 451 g/mol. The van der Waals surface area contributed by atoms with Crippen LogP contribution in [0.15, 0.2) is 63.1 Å². The van der Waals surface area contributed by atoms with E-state index in [1.54, 1.807) is 12.1 Å². The van der Waals surface area contributed by atoms with Crippen LogP contribution >= 0.6 is 11.8 Å². The van der Waals surface area contributed by atoms with Crippen LogP contribution in [-0.4, -0.2) is 30.9 Å². The smallest absolute Gasteiger partial charge is 0.332 e. The zero-order valence-corrected chi connectivity index (χ0v) is 18.0. The third-order valence-corrected chi connectivity index (χ3v) is 6.08. The Bertz CT molecular complexity index is 1480. The third kappa shape index (κ3) is 3.69. The fourth-order valence-corrected chi connectivity index (χ4v) is 4.18. The van der Waals surface area contributed by atoms with E-state index in [0.717, 1.165) is 31.7 Å². The van der Waals surface area contributed by atoms with Gasteiger partial charge in [-0.3, -0.25) is 18.7 Å². The number of fused-ring (bicyclic) bond motifs is 1. The summed E-state index contributed by atoms with van der Waals surface area (Å²) in [5, 5.41) is 10.6. The van der Waals surface area contributed by atoms with E-state index in [2.05, 4.69) is 10.2 Å². The fraction of sp³-hybridized carbons (Fsp3) is 0.136. The van der Waals surface area contributed by atoms with Crippen molar-refractivity contribution in [1.82, 2.24) is 19.3 Å². The molecule has 0 aliphatic heterocycles. The first kappa shape index (κ1) is 21.4. The highest BCUT2D eigenvalue weighted by molar-refractivity contribution is 8.00. The molecule has 0 bridgehead atoms. The monoisotopic (exact) mass is 451 g/mol. The molecule has 0 aliphatic carbocycles. The highest BCUT2D eigenvalue weighted by atomic mass is 32.2. The molecule has 0 aliphatic rings. The number of Topliss-reactive ketones (excluding diaryl/α,β-unsaturated/α-hetero) is 1. The number of rotatable bonds is 5. The quantitative estimate of drug-likeness (QED) is 0.366. The molecule has 2 N–H and O–H groups in total. The number of nitrogens with zero attached hydrogens (tertiary/aromatic N) is 4. The van der Waals surface area contributed by atoms with Crippen molar-refractivity contribution in [1.29, 1.82) is 0 Å². The van der Waals surface area contributed by atoms with Crippen molar-refractivity contribution >= 4 is 34.1 Å². The highest BCUT2D eigenvalue weighted by Gasteiger charge is 2.21. The molecule has 8 nitrogen and oxygen atoms in total. The van der Waals surface area contributed by atoms with Gasteiger partial charge in [-0.1, -0.05) is 36.0 Å². The van der Waals surface area contributed by atoms with Crippen LogP contribution in [0.2, 0.25) is 0 Å². The van der Waals surface area contributed by atoms with E-state index in [1.807, 2.05) is 24.3 Å². The maximum atomic E-state index is 13.3. The Morgan fingerprint density at radius 3 is 2.34 bits per heavy atom. The standard InChI is InChI=1S/C22H18FN5O3S/c1-27-19(24)17(21(30)28(2)22(27)31)16(29)11-32-20-15-6-4-3-5-14(15)18(25-26-20)12-7-9-13(23)10-8-12/h3-10H,11,24H2,1-2H3. The first-order chi connectivity index (χ1) is 15.3. The minimum Gasteiger partial charge on any atom is -0.384 e. The van der Waals surface area contributed by atoms with Gasteiger partial charge in [0.1, 0.15) is 27.9 Å². The van der Waals surface area contributed by atoms with Gasteiger partial charge >= 0.3 is 5.69 Å². The number of ketones is 1.